The van der Waals surface area contributed by atoms with Crippen LogP contribution in [-0.4, -0.2) is 33.5 Å². The molecule has 1 aromatic heterocycles. The summed E-state index contributed by atoms with van der Waals surface area (Å²) in [4.78, 5) is 13.9. The van der Waals surface area contributed by atoms with E-state index in [1.54, 1.807) is 17.2 Å². The highest BCUT2D eigenvalue weighted by atomic mass is 16.5. The Kier molecular flexibility index (Phi) is 7.44. The van der Waals surface area contributed by atoms with Gasteiger partial charge < -0.3 is 10.1 Å². The Hall–Kier alpha value is -2.37. The van der Waals surface area contributed by atoms with Crippen LogP contribution in [0, 0.1) is 5.92 Å². The predicted molar refractivity (Wildman–Crippen MR) is 97.3 cm³/mol. The third kappa shape index (κ3) is 6.57. The summed E-state index contributed by atoms with van der Waals surface area (Å²) in [6.45, 7) is 7.57. The number of nitrogens with zero attached hydrogens (tertiary/aromatic N) is 3. The normalized spacial score (nSPS) is 12.2. The van der Waals surface area contributed by atoms with Gasteiger partial charge in [0.15, 0.2) is 0 Å². The molecule has 0 aliphatic heterocycles. The summed E-state index contributed by atoms with van der Waals surface area (Å²) >= 11 is 0. The van der Waals surface area contributed by atoms with Crippen LogP contribution in [0.1, 0.15) is 39.2 Å². The molecule has 1 N–H and O–H groups in total. The molecule has 6 nitrogen and oxygen atoms in total. The number of hydrogen-bond donors (Lipinski definition) is 1. The average Bonchev–Trinajstić information content (AvgIpc) is 3.11. The number of carbonyl (C=O) groups excluding carboxylic acids is 1. The molecule has 0 aliphatic carbocycles. The van der Waals surface area contributed by atoms with Crippen molar-refractivity contribution in [2.24, 2.45) is 5.92 Å². The van der Waals surface area contributed by atoms with Crippen molar-refractivity contribution in [1.29, 1.82) is 0 Å². The van der Waals surface area contributed by atoms with Crippen molar-refractivity contribution in [1.82, 2.24) is 20.3 Å². The lowest BCUT2D eigenvalue weighted by Gasteiger charge is -2.21. The number of nitrogens with one attached hydrogen (secondary N) is 1. The standard InChI is InChI=1S/C19H28N4O2/c1-4-13-25-17-8-5-16(6-9-17)7-10-19(24)22-18(15(2)3)14-23-20-11-12-21-23/h5-6,8-9,11-12,15,18H,4,7,10,13-14H2,1-3H3,(H,22,24). The van der Waals surface area contributed by atoms with Gasteiger partial charge in [-0.2, -0.15) is 15.0 Å². The van der Waals surface area contributed by atoms with Gasteiger partial charge in [0.2, 0.25) is 5.91 Å². The van der Waals surface area contributed by atoms with Gasteiger partial charge in [0, 0.05) is 6.42 Å². The Bertz CT molecular complexity index is 623. The van der Waals surface area contributed by atoms with Crippen LogP contribution in [0.3, 0.4) is 0 Å². The van der Waals surface area contributed by atoms with Crippen molar-refractivity contribution in [2.75, 3.05) is 6.61 Å². The summed E-state index contributed by atoms with van der Waals surface area (Å²) < 4.78 is 5.57. The molecule has 2 aromatic rings. The summed E-state index contributed by atoms with van der Waals surface area (Å²) in [6, 6.07) is 7.98. The molecule has 1 amide bonds. The highest BCUT2D eigenvalue weighted by molar-refractivity contribution is 5.76. The number of aryl methyl sites for hydroxylation is 1. The molecule has 1 heterocycles. The van der Waals surface area contributed by atoms with Crippen molar-refractivity contribution < 1.29 is 9.53 Å². The first kappa shape index (κ1) is 19.0. The van der Waals surface area contributed by atoms with E-state index in [0.29, 0.717) is 25.3 Å². The molecule has 1 unspecified atom stereocenters. The maximum Gasteiger partial charge on any atom is 0.220 e. The lowest BCUT2D eigenvalue weighted by atomic mass is 10.0. The number of carbonyl (C=O) groups is 1. The van der Waals surface area contributed by atoms with Crippen LogP contribution in [0.25, 0.3) is 0 Å². The Morgan fingerprint density at radius 2 is 1.88 bits per heavy atom. The van der Waals surface area contributed by atoms with E-state index in [-0.39, 0.29) is 11.9 Å². The summed E-state index contributed by atoms with van der Waals surface area (Å²) in [6.07, 6.45) is 5.46. The molecule has 0 fully saturated rings. The lowest BCUT2D eigenvalue weighted by molar-refractivity contribution is -0.122. The van der Waals surface area contributed by atoms with Crippen LogP contribution in [0.5, 0.6) is 5.75 Å². The predicted octanol–water partition coefficient (Wildman–Crippen LogP) is 2.84. The van der Waals surface area contributed by atoms with Crippen LogP contribution in [0.15, 0.2) is 36.7 Å². The van der Waals surface area contributed by atoms with Gasteiger partial charge >= 0.3 is 0 Å². The SMILES string of the molecule is CCCOc1ccc(CCC(=O)NC(Cn2nccn2)C(C)C)cc1. The van der Waals surface area contributed by atoms with Crippen molar-refractivity contribution in [3.63, 3.8) is 0 Å². The van der Waals surface area contributed by atoms with E-state index in [0.717, 1.165) is 24.3 Å². The van der Waals surface area contributed by atoms with E-state index in [2.05, 4.69) is 36.3 Å². The fourth-order valence-corrected chi connectivity index (χ4v) is 2.45. The first-order chi connectivity index (χ1) is 12.1. The molecule has 1 aromatic carbocycles. The van der Waals surface area contributed by atoms with Crippen molar-refractivity contribution in [3.8, 4) is 5.75 Å². The minimum atomic E-state index is 0.0183. The molecule has 0 saturated carbocycles. The van der Waals surface area contributed by atoms with Crippen molar-refractivity contribution in [3.05, 3.63) is 42.2 Å². The van der Waals surface area contributed by atoms with Crippen molar-refractivity contribution >= 4 is 5.91 Å². The zero-order valence-corrected chi connectivity index (χ0v) is 15.3. The van der Waals surface area contributed by atoms with E-state index >= 15 is 0 Å². The molecule has 0 bridgehead atoms. The van der Waals surface area contributed by atoms with Gasteiger partial charge in [0.1, 0.15) is 5.75 Å². The van der Waals surface area contributed by atoms with Gasteiger partial charge in [-0.3, -0.25) is 4.79 Å². The molecule has 1 atom stereocenters. The highest BCUT2D eigenvalue weighted by Crippen LogP contribution is 2.14. The van der Waals surface area contributed by atoms with Crippen LogP contribution < -0.4 is 10.1 Å². The first-order valence-electron chi connectivity index (χ1n) is 8.93. The average molecular weight is 344 g/mol. The molecule has 0 saturated heterocycles. The van der Waals surface area contributed by atoms with Gasteiger partial charge in [-0.15, -0.1) is 0 Å². The second kappa shape index (κ2) is 9.81. The maximum atomic E-state index is 12.3. The number of rotatable bonds is 10. The van der Waals surface area contributed by atoms with Crippen LogP contribution in [-0.2, 0) is 17.8 Å². The summed E-state index contributed by atoms with van der Waals surface area (Å²) in [5.41, 5.74) is 1.13. The van der Waals surface area contributed by atoms with Crippen molar-refractivity contribution in [2.45, 2.75) is 52.6 Å². The lowest BCUT2D eigenvalue weighted by Crippen LogP contribution is -2.42. The third-order valence-electron chi connectivity index (χ3n) is 4.01. The van der Waals surface area contributed by atoms with Gasteiger partial charge in [-0.05, 0) is 36.5 Å². The number of amides is 1. The molecule has 0 radical (unpaired) electrons. The molecule has 2 rings (SSSR count). The Balaban J connectivity index is 1.80. The van der Waals surface area contributed by atoms with Crippen LogP contribution >= 0.6 is 0 Å². The van der Waals surface area contributed by atoms with E-state index in [1.165, 1.54) is 0 Å². The number of aromatic nitrogens is 3. The van der Waals surface area contributed by atoms with E-state index in [1.807, 2.05) is 24.3 Å². The monoisotopic (exact) mass is 344 g/mol. The largest absolute Gasteiger partial charge is 0.494 e. The fraction of sp³-hybridized carbons (Fsp3) is 0.526. The van der Waals surface area contributed by atoms with Crippen LogP contribution in [0.4, 0.5) is 0 Å². The van der Waals surface area contributed by atoms with Gasteiger partial charge in [0.25, 0.3) is 0 Å². The maximum absolute atomic E-state index is 12.3. The molecule has 0 spiro atoms. The number of benzene rings is 1. The zero-order chi connectivity index (χ0) is 18.1. The topological polar surface area (TPSA) is 69.0 Å². The van der Waals surface area contributed by atoms with Gasteiger partial charge in [0.05, 0.1) is 31.6 Å². The molecule has 0 aliphatic rings. The summed E-state index contributed by atoms with van der Waals surface area (Å²) in [7, 11) is 0. The Labute approximate surface area is 149 Å². The van der Waals surface area contributed by atoms with E-state index in [4.69, 9.17) is 4.74 Å². The Morgan fingerprint density at radius 3 is 2.48 bits per heavy atom. The second-order valence-electron chi connectivity index (χ2n) is 6.49. The molecule has 136 valence electrons. The third-order valence-corrected chi connectivity index (χ3v) is 4.01. The number of hydrogen-bond acceptors (Lipinski definition) is 4. The van der Waals surface area contributed by atoms with Gasteiger partial charge in [-0.25, -0.2) is 0 Å². The zero-order valence-electron chi connectivity index (χ0n) is 15.3. The van der Waals surface area contributed by atoms with E-state index in [9.17, 15) is 4.79 Å². The molecular formula is C19H28N4O2. The number of ether oxygens (including phenoxy) is 1. The highest BCUT2D eigenvalue weighted by Gasteiger charge is 2.17. The first-order valence-corrected chi connectivity index (χ1v) is 8.93. The molecule has 6 heteroatoms. The fourth-order valence-electron chi connectivity index (χ4n) is 2.45. The second-order valence-corrected chi connectivity index (χ2v) is 6.49. The quantitative estimate of drug-likeness (QED) is 0.719. The minimum absolute atomic E-state index is 0.0183. The summed E-state index contributed by atoms with van der Waals surface area (Å²) in [5.74, 6) is 1.24. The Morgan fingerprint density at radius 1 is 1.20 bits per heavy atom. The van der Waals surface area contributed by atoms with E-state index < -0.39 is 0 Å². The smallest absolute Gasteiger partial charge is 0.220 e. The van der Waals surface area contributed by atoms with Gasteiger partial charge in [-0.1, -0.05) is 32.9 Å². The molecule has 25 heavy (non-hydrogen) atoms. The molecular weight excluding hydrogens is 316 g/mol. The minimum Gasteiger partial charge on any atom is -0.494 e. The van der Waals surface area contributed by atoms with Crippen LogP contribution in [0.2, 0.25) is 0 Å². The summed E-state index contributed by atoms with van der Waals surface area (Å²) in [5, 5.41) is 11.3.